The Hall–Kier alpha value is -2.93. The molecular formula is C19H23ClF3N7O3. The molecule has 14 heteroatoms. The van der Waals surface area contributed by atoms with Gasteiger partial charge in [0.15, 0.2) is 0 Å². The van der Waals surface area contributed by atoms with E-state index in [-0.39, 0.29) is 25.5 Å². The van der Waals surface area contributed by atoms with Gasteiger partial charge >= 0.3 is 6.18 Å². The third-order valence-electron chi connectivity index (χ3n) is 4.89. The first kappa shape index (κ1) is 24.7. The summed E-state index contributed by atoms with van der Waals surface area (Å²) in [4.78, 5) is 35.9. The van der Waals surface area contributed by atoms with Gasteiger partial charge in [0.1, 0.15) is 5.56 Å². The van der Waals surface area contributed by atoms with E-state index in [9.17, 15) is 22.8 Å². The second kappa shape index (κ2) is 10.8. The molecule has 1 amide bonds. The van der Waals surface area contributed by atoms with Crippen molar-refractivity contribution in [3.8, 4) is 0 Å². The van der Waals surface area contributed by atoms with Crippen molar-refractivity contribution in [2.24, 2.45) is 0 Å². The highest BCUT2D eigenvalue weighted by molar-refractivity contribution is 6.30. The molecule has 0 radical (unpaired) electrons. The molecule has 2 aromatic heterocycles. The molecule has 1 fully saturated rings. The maximum atomic E-state index is 13.1. The molecule has 0 spiro atoms. The van der Waals surface area contributed by atoms with E-state index in [1.165, 1.54) is 12.4 Å². The largest absolute Gasteiger partial charge is 0.423 e. The van der Waals surface area contributed by atoms with E-state index in [1.54, 1.807) is 16.9 Å². The minimum atomic E-state index is -4.82. The summed E-state index contributed by atoms with van der Waals surface area (Å²) < 4.78 is 44.7. The fraction of sp³-hybridized carbons (Fsp3) is 0.526. The van der Waals surface area contributed by atoms with E-state index in [0.29, 0.717) is 37.1 Å². The fourth-order valence-electron chi connectivity index (χ4n) is 3.30. The number of H-pyrrole nitrogens is 1. The van der Waals surface area contributed by atoms with Crippen molar-refractivity contribution in [3.63, 3.8) is 0 Å². The standard InChI is InChI=1S/C19H23ClF3N7O3/c1-12(27-14-10-26-28-17(32)16(14)19(21,22)23)11-33-7-2-15(31)29-3-5-30(6-4-29)18-24-8-13(20)9-25-18/h8-10,12H,2-7,11H2,1H3,(H2,27,28,32)/t12-/m1/s1. The molecule has 1 atom stereocenters. The number of ether oxygens (including phenoxy) is 1. The van der Waals surface area contributed by atoms with Crippen molar-refractivity contribution in [1.82, 2.24) is 25.1 Å². The van der Waals surface area contributed by atoms with Gasteiger partial charge < -0.3 is 19.9 Å². The molecule has 2 aromatic rings. The first-order valence-corrected chi connectivity index (χ1v) is 10.5. The number of nitrogens with one attached hydrogen (secondary N) is 2. The number of amides is 1. The fourth-order valence-corrected chi connectivity index (χ4v) is 3.40. The van der Waals surface area contributed by atoms with E-state index in [4.69, 9.17) is 16.3 Å². The van der Waals surface area contributed by atoms with Crippen LogP contribution in [0.2, 0.25) is 5.02 Å². The third kappa shape index (κ3) is 6.78. The monoisotopic (exact) mass is 489 g/mol. The summed E-state index contributed by atoms with van der Waals surface area (Å²) in [7, 11) is 0. The second-order valence-corrected chi connectivity index (χ2v) is 7.86. The van der Waals surface area contributed by atoms with Gasteiger partial charge in [-0.1, -0.05) is 11.6 Å². The molecule has 3 rings (SSSR count). The van der Waals surface area contributed by atoms with Crippen LogP contribution in [0.15, 0.2) is 23.4 Å². The van der Waals surface area contributed by atoms with Gasteiger partial charge in [-0.3, -0.25) is 9.59 Å². The lowest BCUT2D eigenvalue weighted by molar-refractivity contribution is -0.138. The van der Waals surface area contributed by atoms with E-state index in [1.807, 2.05) is 4.90 Å². The number of anilines is 2. The summed E-state index contributed by atoms with van der Waals surface area (Å²) in [6, 6.07) is -0.548. The Morgan fingerprint density at radius 2 is 1.91 bits per heavy atom. The highest BCUT2D eigenvalue weighted by atomic mass is 35.5. The minimum Gasteiger partial charge on any atom is -0.379 e. The number of piperazine rings is 1. The van der Waals surface area contributed by atoms with E-state index in [0.717, 1.165) is 6.20 Å². The van der Waals surface area contributed by atoms with Gasteiger partial charge in [-0.2, -0.15) is 18.3 Å². The lowest BCUT2D eigenvalue weighted by Crippen LogP contribution is -2.49. The van der Waals surface area contributed by atoms with Crippen molar-refractivity contribution in [1.29, 1.82) is 0 Å². The van der Waals surface area contributed by atoms with Crippen LogP contribution in [0.1, 0.15) is 18.9 Å². The molecule has 33 heavy (non-hydrogen) atoms. The molecule has 10 nitrogen and oxygen atoms in total. The number of rotatable bonds is 8. The lowest BCUT2D eigenvalue weighted by Gasteiger charge is -2.34. The smallest absolute Gasteiger partial charge is 0.379 e. The molecule has 1 aliphatic rings. The Morgan fingerprint density at radius 1 is 1.24 bits per heavy atom. The summed E-state index contributed by atoms with van der Waals surface area (Å²) in [6.07, 6.45) is -0.741. The lowest BCUT2D eigenvalue weighted by atomic mass is 10.2. The van der Waals surface area contributed by atoms with Crippen molar-refractivity contribution < 1.29 is 22.7 Å². The Balaban J connectivity index is 1.39. The Bertz CT molecular complexity index is 995. The molecule has 0 bridgehead atoms. The van der Waals surface area contributed by atoms with Crippen LogP contribution in [-0.4, -0.2) is 76.4 Å². The van der Waals surface area contributed by atoms with Gasteiger partial charge in [-0.25, -0.2) is 15.1 Å². The molecule has 0 saturated carbocycles. The molecule has 0 unspecified atom stereocenters. The Kier molecular flexibility index (Phi) is 8.08. The quantitative estimate of drug-likeness (QED) is 0.539. The molecule has 1 aliphatic heterocycles. The summed E-state index contributed by atoms with van der Waals surface area (Å²) in [5.41, 5.74) is -3.10. The van der Waals surface area contributed by atoms with Gasteiger partial charge in [-0.15, -0.1) is 0 Å². The average Bonchev–Trinajstić information content (AvgIpc) is 2.76. The zero-order valence-electron chi connectivity index (χ0n) is 17.7. The SMILES string of the molecule is C[C@H](COCCC(=O)N1CCN(c2ncc(Cl)cn2)CC1)Nc1cn[nH]c(=O)c1C(F)(F)F. The van der Waals surface area contributed by atoms with Crippen molar-refractivity contribution in [2.75, 3.05) is 49.6 Å². The van der Waals surface area contributed by atoms with Gasteiger partial charge in [0.25, 0.3) is 5.56 Å². The molecule has 2 N–H and O–H groups in total. The van der Waals surface area contributed by atoms with Crippen LogP contribution in [0.5, 0.6) is 0 Å². The zero-order valence-corrected chi connectivity index (χ0v) is 18.5. The number of carbonyl (C=O) groups excluding carboxylic acids is 1. The number of hydrogen-bond donors (Lipinski definition) is 2. The van der Waals surface area contributed by atoms with E-state index in [2.05, 4.69) is 20.4 Å². The van der Waals surface area contributed by atoms with Gasteiger partial charge in [0.2, 0.25) is 11.9 Å². The van der Waals surface area contributed by atoms with Crippen molar-refractivity contribution in [2.45, 2.75) is 25.6 Å². The topological polar surface area (TPSA) is 116 Å². The number of hydrogen-bond acceptors (Lipinski definition) is 8. The van der Waals surface area contributed by atoms with Gasteiger partial charge in [-0.05, 0) is 6.92 Å². The van der Waals surface area contributed by atoms with Crippen LogP contribution in [-0.2, 0) is 15.7 Å². The van der Waals surface area contributed by atoms with Gasteiger partial charge in [0.05, 0.1) is 48.9 Å². The highest BCUT2D eigenvalue weighted by Gasteiger charge is 2.37. The molecule has 0 aliphatic carbocycles. The third-order valence-corrected chi connectivity index (χ3v) is 5.09. The Morgan fingerprint density at radius 3 is 2.55 bits per heavy atom. The molecule has 3 heterocycles. The Labute approximate surface area is 192 Å². The number of aromatic nitrogens is 4. The van der Waals surface area contributed by atoms with Crippen LogP contribution in [0.3, 0.4) is 0 Å². The highest BCUT2D eigenvalue weighted by Crippen LogP contribution is 2.31. The molecule has 1 saturated heterocycles. The zero-order chi connectivity index (χ0) is 24.0. The molecule has 180 valence electrons. The molecule has 0 aromatic carbocycles. The average molecular weight is 490 g/mol. The van der Waals surface area contributed by atoms with Crippen molar-refractivity contribution in [3.05, 3.63) is 39.5 Å². The summed E-state index contributed by atoms with van der Waals surface area (Å²) in [6.45, 7) is 3.95. The van der Waals surface area contributed by atoms with Crippen LogP contribution in [0, 0.1) is 0 Å². The second-order valence-electron chi connectivity index (χ2n) is 7.42. The maximum Gasteiger partial charge on any atom is 0.423 e. The molecular weight excluding hydrogens is 467 g/mol. The number of aromatic amines is 1. The first-order chi connectivity index (χ1) is 15.6. The summed E-state index contributed by atoms with van der Waals surface area (Å²) in [5, 5.41) is 8.21. The minimum absolute atomic E-state index is 0.0407. The summed E-state index contributed by atoms with van der Waals surface area (Å²) >= 11 is 5.79. The normalized spacial score (nSPS) is 15.4. The van der Waals surface area contributed by atoms with Gasteiger partial charge in [0, 0.05) is 32.2 Å². The number of halogens is 4. The predicted molar refractivity (Wildman–Crippen MR) is 114 cm³/mol. The summed E-state index contributed by atoms with van der Waals surface area (Å²) in [5.74, 6) is 0.478. The predicted octanol–water partition coefficient (Wildman–Crippen LogP) is 1.79. The number of nitrogens with zero attached hydrogens (tertiary/aromatic N) is 5. The maximum absolute atomic E-state index is 13.1. The van der Waals surface area contributed by atoms with E-state index < -0.39 is 29.0 Å². The van der Waals surface area contributed by atoms with Crippen LogP contribution >= 0.6 is 11.6 Å². The first-order valence-electron chi connectivity index (χ1n) is 10.1. The van der Waals surface area contributed by atoms with Crippen LogP contribution in [0.25, 0.3) is 0 Å². The number of alkyl halides is 3. The number of carbonyl (C=O) groups is 1. The van der Waals surface area contributed by atoms with E-state index >= 15 is 0 Å². The van der Waals surface area contributed by atoms with Crippen molar-refractivity contribution >= 4 is 29.1 Å². The van der Waals surface area contributed by atoms with Crippen LogP contribution < -0.4 is 15.8 Å². The van der Waals surface area contributed by atoms with Crippen LogP contribution in [0.4, 0.5) is 24.8 Å².